The zero-order chi connectivity index (χ0) is 20.1. The molecule has 0 N–H and O–H groups in total. The predicted octanol–water partition coefficient (Wildman–Crippen LogP) is 8.06. The molecule has 0 unspecified atom stereocenters. The van der Waals surface area contributed by atoms with Gasteiger partial charge in [0.25, 0.3) is 0 Å². The summed E-state index contributed by atoms with van der Waals surface area (Å²) in [5.74, 6) is 0. The van der Waals surface area contributed by atoms with E-state index in [1.165, 1.54) is 109 Å². The number of hydrogen-bond acceptors (Lipinski definition) is 3. The molecule has 0 aliphatic rings. The number of hydrogen-bond donors (Lipinski definition) is 0. The minimum atomic E-state index is -2.33. The molecule has 0 aliphatic heterocycles. The highest BCUT2D eigenvalue weighted by molar-refractivity contribution is 6.60. The third-order valence-corrected chi connectivity index (χ3v) is 8.60. The highest BCUT2D eigenvalue weighted by Gasteiger charge is 2.36. The van der Waals surface area contributed by atoms with Gasteiger partial charge in [0.2, 0.25) is 0 Å². The molecule has 0 aromatic rings. The average molecular weight is 423 g/mol. The van der Waals surface area contributed by atoms with Crippen LogP contribution in [-0.4, -0.2) is 30.1 Å². The van der Waals surface area contributed by atoms with E-state index < -0.39 is 8.80 Å². The van der Waals surface area contributed by atoms with Crippen molar-refractivity contribution in [1.29, 1.82) is 0 Å². The van der Waals surface area contributed by atoms with E-state index in [0.717, 1.165) is 12.5 Å². The molecule has 0 bridgehead atoms. The molecule has 0 aromatic heterocycles. The van der Waals surface area contributed by atoms with Crippen LogP contribution in [-0.2, 0) is 13.3 Å². The minimum Gasteiger partial charge on any atom is -0.377 e. The molecule has 172 valence electrons. The molecule has 0 radical (unpaired) electrons. The van der Waals surface area contributed by atoms with E-state index in [1.54, 1.807) is 21.3 Å². The Kier molecular flexibility index (Phi) is 25.2. The Hall–Kier alpha value is 0.0269. The summed E-state index contributed by atoms with van der Waals surface area (Å²) in [7, 11) is 2.78. The van der Waals surface area contributed by atoms with Gasteiger partial charge in [-0.3, -0.25) is 4.70 Å². The Morgan fingerprint density at radius 3 is 0.929 bits per heavy atom. The quantitative estimate of drug-likeness (QED) is 0.130. The normalized spacial score (nSPS) is 11.6. The minimum absolute atomic E-state index is 0. The van der Waals surface area contributed by atoms with Crippen molar-refractivity contribution in [3.63, 3.8) is 0 Å². The van der Waals surface area contributed by atoms with Crippen LogP contribution in [0.3, 0.4) is 0 Å². The van der Waals surface area contributed by atoms with Crippen molar-refractivity contribution >= 4 is 8.80 Å². The van der Waals surface area contributed by atoms with Gasteiger partial charge in [-0.2, -0.15) is 0 Å². The van der Waals surface area contributed by atoms with E-state index in [0.29, 0.717) is 0 Å². The van der Waals surface area contributed by atoms with Crippen LogP contribution in [0.1, 0.15) is 122 Å². The van der Waals surface area contributed by atoms with Crippen LogP contribution in [0.4, 0.5) is 4.70 Å². The first-order chi connectivity index (χ1) is 13.2. The monoisotopic (exact) mass is 422 g/mol. The van der Waals surface area contributed by atoms with Gasteiger partial charge in [0.1, 0.15) is 0 Å². The predicted molar refractivity (Wildman–Crippen MR) is 123 cm³/mol. The first-order valence-corrected chi connectivity index (χ1v) is 13.8. The molecule has 0 aromatic carbocycles. The van der Waals surface area contributed by atoms with Crippen molar-refractivity contribution in [2.45, 2.75) is 129 Å². The van der Waals surface area contributed by atoms with Crippen LogP contribution in [0.2, 0.25) is 6.04 Å². The first-order valence-electron chi connectivity index (χ1n) is 11.9. The van der Waals surface area contributed by atoms with Gasteiger partial charge in [0, 0.05) is 27.4 Å². The molecule has 0 spiro atoms. The topological polar surface area (TPSA) is 27.7 Å². The van der Waals surface area contributed by atoms with Gasteiger partial charge in [0.15, 0.2) is 0 Å². The number of halogens is 1. The summed E-state index contributed by atoms with van der Waals surface area (Å²) in [5.41, 5.74) is 0. The molecule has 0 amide bonds. The lowest BCUT2D eigenvalue weighted by Crippen LogP contribution is -2.42. The van der Waals surface area contributed by atoms with E-state index in [4.69, 9.17) is 13.3 Å². The van der Waals surface area contributed by atoms with Crippen LogP contribution in [0.15, 0.2) is 0 Å². The van der Waals surface area contributed by atoms with E-state index in [-0.39, 0.29) is 4.70 Å². The second-order valence-corrected chi connectivity index (χ2v) is 11.1. The fourth-order valence-electron chi connectivity index (χ4n) is 3.80. The van der Waals surface area contributed by atoms with E-state index in [9.17, 15) is 0 Å². The van der Waals surface area contributed by atoms with Crippen molar-refractivity contribution in [1.82, 2.24) is 0 Å². The van der Waals surface area contributed by atoms with Gasteiger partial charge in [-0.15, -0.1) is 0 Å². The Morgan fingerprint density at radius 1 is 0.429 bits per heavy atom. The second-order valence-electron chi connectivity index (χ2n) is 8.06. The lowest BCUT2D eigenvalue weighted by atomic mass is 10.0. The lowest BCUT2D eigenvalue weighted by molar-refractivity contribution is 0.122. The molecule has 0 heterocycles. The summed E-state index contributed by atoms with van der Waals surface area (Å²) in [5, 5.41) is 0. The molecular formula is C23H51FO3Si. The van der Waals surface area contributed by atoms with Gasteiger partial charge in [-0.25, -0.2) is 0 Å². The largest absolute Gasteiger partial charge is 0.500 e. The summed E-state index contributed by atoms with van der Waals surface area (Å²) >= 11 is 0. The van der Waals surface area contributed by atoms with E-state index in [1.807, 2.05) is 0 Å². The lowest BCUT2D eigenvalue weighted by Gasteiger charge is -2.24. The van der Waals surface area contributed by atoms with Crippen LogP contribution >= 0.6 is 0 Å². The van der Waals surface area contributed by atoms with Crippen LogP contribution < -0.4 is 0 Å². The molecule has 0 fully saturated rings. The van der Waals surface area contributed by atoms with E-state index >= 15 is 0 Å². The molecule has 28 heavy (non-hydrogen) atoms. The van der Waals surface area contributed by atoms with Crippen molar-refractivity contribution in [3.05, 3.63) is 0 Å². The fourth-order valence-corrected chi connectivity index (χ4v) is 5.59. The Labute approximate surface area is 177 Å². The average Bonchev–Trinajstić information content (AvgIpc) is 2.70. The maximum absolute atomic E-state index is 5.46. The SMILES string of the molecule is CCCCCCCCCCCCCCCCCCCC[Si](OC)(OC)OC.F. The zero-order valence-corrected chi connectivity index (χ0v) is 20.6. The molecule has 0 aliphatic carbocycles. The summed E-state index contributed by atoms with van der Waals surface area (Å²) in [4.78, 5) is 0. The zero-order valence-electron chi connectivity index (χ0n) is 19.6. The standard InChI is InChI=1S/C23H50O3Si.FH/c1-5-6-7-8-9-10-11-12-13-14-15-16-17-18-19-20-21-22-23-27(24-2,25-3)26-4;/h5-23H2,1-4H3;1H. The van der Waals surface area contributed by atoms with Gasteiger partial charge < -0.3 is 13.3 Å². The van der Waals surface area contributed by atoms with Crippen molar-refractivity contribution in [3.8, 4) is 0 Å². The highest BCUT2D eigenvalue weighted by Crippen LogP contribution is 2.19. The molecule has 3 nitrogen and oxygen atoms in total. The van der Waals surface area contributed by atoms with Gasteiger partial charge in [-0.1, -0.05) is 116 Å². The van der Waals surface area contributed by atoms with Crippen molar-refractivity contribution in [2.75, 3.05) is 21.3 Å². The van der Waals surface area contributed by atoms with Crippen LogP contribution in [0.25, 0.3) is 0 Å². The Balaban J connectivity index is 0. The van der Waals surface area contributed by atoms with Gasteiger partial charge >= 0.3 is 8.80 Å². The van der Waals surface area contributed by atoms with Gasteiger partial charge in [0.05, 0.1) is 0 Å². The molecular weight excluding hydrogens is 371 g/mol. The van der Waals surface area contributed by atoms with Crippen LogP contribution in [0, 0.1) is 0 Å². The van der Waals surface area contributed by atoms with Gasteiger partial charge in [-0.05, 0) is 6.42 Å². The van der Waals surface area contributed by atoms with Crippen molar-refractivity contribution < 1.29 is 18.0 Å². The molecule has 5 heteroatoms. The highest BCUT2D eigenvalue weighted by atomic mass is 28.4. The molecule has 0 saturated carbocycles. The molecule has 0 saturated heterocycles. The second kappa shape index (κ2) is 23.3. The summed E-state index contributed by atoms with van der Waals surface area (Å²) < 4.78 is 16.4. The smallest absolute Gasteiger partial charge is 0.377 e. The first kappa shape index (κ1) is 30.2. The number of unbranched alkanes of at least 4 members (excludes halogenated alkanes) is 17. The fraction of sp³-hybridized carbons (Fsp3) is 1.00. The third kappa shape index (κ3) is 18.1. The summed E-state index contributed by atoms with van der Waals surface area (Å²) in [6, 6.07) is 0.940. The maximum atomic E-state index is 5.46. The molecule has 0 atom stereocenters. The Morgan fingerprint density at radius 2 is 0.679 bits per heavy atom. The van der Waals surface area contributed by atoms with Crippen molar-refractivity contribution in [2.24, 2.45) is 0 Å². The third-order valence-electron chi connectivity index (χ3n) is 5.77. The summed E-state index contributed by atoms with van der Waals surface area (Å²) in [6.45, 7) is 2.29. The van der Waals surface area contributed by atoms with Crippen LogP contribution in [0.5, 0.6) is 0 Å². The number of rotatable bonds is 22. The Bertz CT molecular complexity index is 281. The maximum Gasteiger partial charge on any atom is 0.500 e. The van der Waals surface area contributed by atoms with E-state index in [2.05, 4.69) is 6.92 Å². The summed E-state index contributed by atoms with van der Waals surface area (Å²) in [6.07, 6.45) is 25.3. The molecule has 0 rings (SSSR count).